The molecule has 0 aliphatic heterocycles. The summed E-state index contributed by atoms with van der Waals surface area (Å²) < 4.78 is 0. The molecule has 0 saturated carbocycles. The molecule has 0 atom stereocenters. The van der Waals surface area contributed by atoms with Crippen LogP contribution in [-0.2, 0) is 0 Å². The van der Waals surface area contributed by atoms with E-state index in [0.717, 1.165) is 0 Å². The quantitative estimate of drug-likeness (QED) is 0.526. The molecule has 2 heteroatoms. The lowest BCUT2D eigenvalue weighted by molar-refractivity contribution is 1.33. The standard InChI is InChI=1S/C6H5N2/c1-5-6(4-7)2-3-8-5/h2-3,8H,1H2. The highest BCUT2D eigenvalue weighted by Gasteiger charge is 1.92. The number of nitrogens with one attached hydrogen (secondary N) is 1. The number of hydrogen-bond acceptors (Lipinski definition) is 1. The number of H-pyrrole nitrogens is 1. The second-order valence-electron chi connectivity index (χ2n) is 1.48. The van der Waals surface area contributed by atoms with Crippen molar-refractivity contribution in [1.29, 1.82) is 5.26 Å². The average molecular weight is 105 g/mol. The van der Waals surface area contributed by atoms with Gasteiger partial charge in [0.05, 0.1) is 5.56 Å². The number of aromatic nitrogens is 1. The van der Waals surface area contributed by atoms with E-state index in [1.165, 1.54) is 0 Å². The third-order valence-electron chi connectivity index (χ3n) is 0.953. The van der Waals surface area contributed by atoms with Gasteiger partial charge < -0.3 is 4.98 Å². The van der Waals surface area contributed by atoms with E-state index in [1.54, 1.807) is 12.3 Å². The fourth-order valence-corrected chi connectivity index (χ4v) is 0.509. The smallest absolute Gasteiger partial charge is 0.101 e. The highest BCUT2D eigenvalue weighted by molar-refractivity contribution is 5.34. The van der Waals surface area contributed by atoms with Gasteiger partial charge in [0.25, 0.3) is 0 Å². The minimum atomic E-state index is 0.616. The lowest BCUT2D eigenvalue weighted by Crippen LogP contribution is -1.71. The summed E-state index contributed by atoms with van der Waals surface area (Å²) in [5.74, 6) is 0. The zero-order chi connectivity index (χ0) is 5.98. The highest BCUT2D eigenvalue weighted by Crippen LogP contribution is 2.00. The third kappa shape index (κ3) is 0.584. The Bertz CT molecular complexity index is 217. The summed E-state index contributed by atoms with van der Waals surface area (Å²) in [4.78, 5) is 2.79. The van der Waals surface area contributed by atoms with E-state index < -0.39 is 0 Å². The molecule has 0 unspecified atom stereocenters. The van der Waals surface area contributed by atoms with Crippen molar-refractivity contribution in [2.75, 3.05) is 0 Å². The first-order chi connectivity index (χ1) is 3.84. The zero-order valence-corrected chi connectivity index (χ0v) is 4.31. The Morgan fingerprint density at radius 3 is 2.75 bits per heavy atom. The van der Waals surface area contributed by atoms with Gasteiger partial charge in [0.1, 0.15) is 6.07 Å². The fraction of sp³-hybridized carbons (Fsp3) is 0. The molecule has 0 bridgehead atoms. The van der Waals surface area contributed by atoms with E-state index >= 15 is 0 Å². The normalized spacial score (nSPS) is 8.50. The van der Waals surface area contributed by atoms with Gasteiger partial charge in [-0.2, -0.15) is 5.26 Å². The SMILES string of the molecule is [CH2]c1[nH]ccc1C#N. The van der Waals surface area contributed by atoms with E-state index in [2.05, 4.69) is 11.9 Å². The van der Waals surface area contributed by atoms with E-state index in [4.69, 9.17) is 5.26 Å². The number of rotatable bonds is 0. The number of nitrogens with zero attached hydrogens (tertiary/aromatic N) is 1. The van der Waals surface area contributed by atoms with Crippen molar-refractivity contribution in [3.8, 4) is 6.07 Å². The lowest BCUT2D eigenvalue weighted by Gasteiger charge is -1.78. The summed E-state index contributed by atoms with van der Waals surface area (Å²) in [6.07, 6.45) is 1.70. The predicted octanol–water partition coefficient (Wildman–Crippen LogP) is 1.07. The van der Waals surface area contributed by atoms with Crippen LogP contribution in [-0.4, -0.2) is 4.98 Å². The predicted molar refractivity (Wildman–Crippen MR) is 30.0 cm³/mol. The first-order valence-electron chi connectivity index (χ1n) is 2.24. The molecule has 0 amide bonds. The van der Waals surface area contributed by atoms with Crippen LogP contribution in [0, 0.1) is 18.3 Å². The molecule has 1 aromatic rings. The van der Waals surface area contributed by atoms with Crippen molar-refractivity contribution in [2.45, 2.75) is 0 Å². The topological polar surface area (TPSA) is 39.6 Å². The van der Waals surface area contributed by atoms with Crippen LogP contribution in [0.25, 0.3) is 0 Å². The van der Waals surface area contributed by atoms with E-state index in [1.807, 2.05) is 6.07 Å². The van der Waals surface area contributed by atoms with E-state index in [0.29, 0.717) is 11.3 Å². The van der Waals surface area contributed by atoms with Gasteiger partial charge in [0.15, 0.2) is 0 Å². The molecule has 8 heavy (non-hydrogen) atoms. The maximum atomic E-state index is 8.30. The van der Waals surface area contributed by atoms with Crippen molar-refractivity contribution < 1.29 is 0 Å². The fourth-order valence-electron chi connectivity index (χ4n) is 0.509. The third-order valence-corrected chi connectivity index (χ3v) is 0.953. The van der Waals surface area contributed by atoms with E-state index in [9.17, 15) is 0 Å². The Balaban J connectivity index is 3.15. The van der Waals surface area contributed by atoms with Crippen LogP contribution in [0.15, 0.2) is 12.3 Å². The van der Waals surface area contributed by atoms with Crippen LogP contribution in [0.3, 0.4) is 0 Å². The minimum Gasteiger partial charge on any atom is -0.364 e. The number of hydrogen-bond donors (Lipinski definition) is 1. The van der Waals surface area contributed by atoms with Gasteiger partial charge in [-0.3, -0.25) is 0 Å². The van der Waals surface area contributed by atoms with Crippen LogP contribution >= 0.6 is 0 Å². The summed E-state index contributed by atoms with van der Waals surface area (Å²) in [5.41, 5.74) is 1.30. The molecule has 2 nitrogen and oxygen atoms in total. The maximum absolute atomic E-state index is 8.30. The molecule has 1 N–H and O–H groups in total. The van der Waals surface area contributed by atoms with Crippen molar-refractivity contribution in [3.63, 3.8) is 0 Å². The van der Waals surface area contributed by atoms with Gasteiger partial charge in [0, 0.05) is 11.9 Å². The Morgan fingerprint density at radius 2 is 2.50 bits per heavy atom. The minimum absolute atomic E-state index is 0.616. The zero-order valence-electron chi connectivity index (χ0n) is 4.31. The van der Waals surface area contributed by atoms with Gasteiger partial charge in [-0.15, -0.1) is 0 Å². The van der Waals surface area contributed by atoms with Crippen LogP contribution < -0.4 is 0 Å². The van der Waals surface area contributed by atoms with Gasteiger partial charge in [-0.25, -0.2) is 0 Å². The Morgan fingerprint density at radius 1 is 1.75 bits per heavy atom. The molecule has 39 valence electrons. The lowest BCUT2D eigenvalue weighted by atomic mass is 10.3. The highest BCUT2D eigenvalue weighted by atomic mass is 14.7. The second-order valence-corrected chi connectivity index (χ2v) is 1.48. The molecule has 0 aromatic carbocycles. The first kappa shape index (κ1) is 4.92. The number of nitriles is 1. The molecule has 1 radical (unpaired) electrons. The maximum Gasteiger partial charge on any atom is 0.101 e. The summed E-state index contributed by atoms with van der Waals surface area (Å²) in [5, 5.41) is 8.30. The first-order valence-corrected chi connectivity index (χ1v) is 2.24. The molecule has 1 heterocycles. The summed E-state index contributed by atoms with van der Waals surface area (Å²) in [6.45, 7) is 3.57. The molecule has 1 aromatic heterocycles. The molecule has 0 spiro atoms. The Hall–Kier alpha value is -1.23. The monoisotopic (exact) mass is 105 g/mol. The van der Waals surface area contributed by atoms with Crippen molar-refractivity contribution >= 4 is 0 Å². The van der Waals surface area contributed by atoms with E-state index in [-0.39, 0.29) is 0 Å². The van der Waals surface area contributed by atoms with Crippen LogP contribution in [0.1, 0.15) is 11.3 Å². The Kier molecular flexibility index (Phi) is 1.05. The summed E-state index contributed by atoms with van der Waals surface area (Å²) in [6, 6.07) is 3.68. The van der Waals surface area contributed by atoms with Gasteiger partial charge in [-0.05, 0) is 13.0 Å². The number of aromatic amines is 1. The molecule has 0 fully saturated rings. The molecular formula is C6H5N2. The molecule has 0 saturated heterocycles. The van der Waals surface area contributed by atoms with Crippen molar-refractivity contribution in [2.24, 2.45) is 0 Å². The molecule has 0 aliphatic carbocycles. The average Bonchev–Trinajstić information content (AvgIpc) is 2.14. The van der Waals surface area contributed by atoms with Crippen LogP contribution in [0.2, 0.25) is 0 Å². The molecular weight excluding hydrogens is 100 g/mol. The van der Waals surface area contributed by atoms with Gasteiger partial charge in [-0.1, -0.05) is 0 Å². The van der Waals surface area contributed by atoms with Crippen LogP contribution in [0.5, 0.6) is 0 Å². The van der Waals surface area contributed by atoms with Gasteiger partial charge in [0.2, 0.25) is 0 Å². The largest absolute Gasteiger partial charge is 0.364 e. The summed E-state index contributed by atoms with van der Waals surface area (Å²) in [7, 11) is 0. The molecule has 0 aliphatic rings. The van der Waals surface area contributed by atoms with Crippen molar-refractivity contribution in [1.82, 2.24) is 4.98 Å². The second kappa shape index (κ2) is 1.71. The van der Waals surface area contributed by atoms with Crippen molar-refractivity contribution in [3.05, 3.63) is 30.4 Å². The Labute approximate surface area is 47.8 Å². The van der Waals surface area contributed by atoms with Gasteiger partial charge >= 0.3 is 0 Å². The summed E-state index contributed by atoms with van der Waals surface area (Å²) >= 11 is 0. The van der Waals surface area contributed by atoms with Crippen LogP contribution in [0.4, 0.5) is 0 Å². The molecule has 1 rings (SSSR count).